The molecule has 1 unspecified atom stereocenters. The van der Waals surface area contributed by atoms with Gasteiger partial charge in [-0.2, -0.15) is 0 Å². The lowest BCUT2D eigenvalue weighted by molar-refractivity contribution is 0.0697. The van der Waals surface area contributed by atoms with Gasteiger partial charge < -0.3 is 5.11 Å². The molecule has 5 nitrogen and oxygen atoms in total. The topological polar surface area (TPSA) is 83.5 Å². The highest BCUT2D eigenvalue weighted by molar-refractivity contribution is 7.91. The van der Waals surface area contributed by atoms with Gasteiger partial charge in [0.2, 0.25) is 10.0 Å². The maximum Gasteiger partial charge on any atom is 0.336 e. The zero-order valence-electron chi connectivity index (χ0n) is 8.93. The highest BCUT2D eigenvalue weighted by Gasteiger charge is 2.20. The van der Waals surface area contributed by atoms with Gasteiger partial charge in [0.05, 0.1) is 5.56 Å². The minimum atomic E-state index is -3.58. The zero-order valence-corrected chi connectivity index (χ0v) is 10.6. The second-order valence-electron chi connectivity index (χ2n) is 3.39. The van der Waals surface area contributed by atoms with Crippen molar-refractivity contribution in [1.29, 1.82) is 0 Å². The average Bonchev–Trinajstić information content (AvgIpc) is 2.66. The Hall–Kier alpha value is -0.920. The van der Waals surface area contributed by atoms with Gasteiger partial charge in [-0.15, -0.1) is 11.3 Å². The summed E-state index contributed by atoms with van der Waals surface area (Å²) in [6.45, 7) is 3.62. The molecule has 0 radical (unpaired) electrons. The maximum atomic E-state index is 11.7. The highest BCUT2D eigenvalue weighted by atomic mass is 32.2. The summed E-state index contributed by atoms with van der Waals surface area (Å²) in [5.74, 6) is -1.12. The largest absolute Gasteiger partial charge is 0.478 e. The number of carboxylic acid groups (broad SMARTS) is 1. The number of nitrogens with one attached hydrogen (secondary N) is 1. The fourth-order valence-electron chi connectivity index (χ4n) is 0.976. The van der Waals surface area contributed by atoms with Crippen molar-refractivity contribution in [3.63, 3.8) is 0 Å². The van der Waals surface area contributed by atoms with E-state index in [9.17, 15) is 13.2 Å². The molecule has 1 heterocycles. The summed E-state index contributed by atoms with van der Waals surface area (Å²) in [4.78, 5) is 10.6. The van der Waals surface area contributed by atoms with Crippen LogP contribution in [0, 0.1) is 0 Å². The molecular weight excluding hydrogens is 250 g/mol. The van der Waals surface area contributed by atoms with E-state index < -0.39 is 16.0 Å². The fourth-order valence-corrected chi connectivity index (χ4v) is 3.47. The second kappa shape index (κ2) is 4.94. The predicted molar refractivity (Wildman–Crippen MR) is 61.4 cm³/mol. The molecule has 7 heteroatoms. The Labute approximate surface area is 98.2 Å². The number of thiophene rings is 1. The van der Waals surface area contributed by atoms with Crippen LogP contribution in [0.2, 0.25) is 0 Å². The summed E-state index contributed by atoms with van der Waals surface area (Å²) >= 11 is 0.906. The molecule has 0 amide bonds. The minimum Gasteiger partial charge on any atom is -0.478 e. The Morgan fingerprint density at radius 1 is 1.62 bits per heavy atom. The summed E-state index contributed by atoms with van der Waals surface area (Å²) in [5.41, 5.74) is -0.00507. The fraction of sp³-hybridized carbons (Fsp3) is 0.444. The third-order valence-electron chi connectivity index (χ3n) is 2.06. The summed E-state index contributed by atoms with van der Waals surface area (Å²) < 4.78 is 26.0. The Bertz CT molecular complexity index is 477. The van der Waals surface area contributed by atoms with Gasteiger partial charge in [-0.05, 0) is 19.4 Å². The summed E-state index contributed by atoms with van der Waals surface area (Å²) in [6, 6.07) is 0.998. The van der Waals surface area contributed by atoms with E-state index in [1.54, 1.807) is 6.92 Å². The third kappa shape index (κ3) is 3.03. The van der Waals surface area contributed by atoms with Crippen molar-refractivity contribution < 1.29 is 18.3 Å². The van der Waals surface area contributed by atoms with Crippen molar-refractivity contribution in [2.75, 3.05) is 0 Å². The predicted octanol–water partition coefficient (Wildman–Crippen LogP) is 1.52. The lowest BCUT2D eigenvalue weighted by atomic mass is 10.3. The molecule has 2 N–H and O–H groups in total. The smallest absolute Gasteiger partial charge is 0.336 e. The number of hydrogen-bond donors (Lipinski definition) is 2. The van der Waals surface area contributed by atoms with E-state index in [0.29, 0.717) is 6.42 Å². The van der Waals surface area contributed by atoms with E-state index in [4.69, 9.17) is 5.11 Å². The first-order chi connectivity index (χ1) is 7.36. The molecule has 1 atom stereocenters. The number of carboxylic acids is 1. The van der Waals surface area contributed by atoms with Crippen LogP contribution in [0.5, 0.6) is 0 Å². The van der Waals surface area contributed by atoms with E-state index >= 15 is 0 Å². The molecule has 0 aliphatic carbocycles. The first-order valence-corrected chi connectivity index (χ1v) is 7.07. The molecule has 0 saturated carbocycles. The number of hydrogen-bond acceptors (Lipinski definition) is 4. The maximum absolute atomic E-state index is 11.7. The van der Waals surface area contributed by atoms with Gasteiger partial charge in [0.25, 0.3) is 0 Å². The van der Waals surface area contributed by atoms with Gasteiger partial charge in [-0.3, -0.25) is 0 Å². The second-order valence-corrected chi connectivity index (χ2v) is 6.24. The van der Waals surface area contributed by atoms with Crippen molar-refractivity contribution in [2.24, 2.45) is 0 Å². The number of rotatable bonds is 5. The average molecular weight is 263 g/mol. The number of carbonyl (C=O) groups is 1. The molecule has 0 spiro atoms. The van der Waals surface area contributed by atoms with Gasteiger partial charge in [0.1, 0.15) is 4.21 Å². The Morgan fingerprint density at radius 3 is 2.69 bits per heavy atom. The van der Waals surface area contributed by atoms with Gasteiger partial charge >= 0.3 is 5.97 Å². The van der Waals surface area contributed by atoms with Crippen LogP contribution in [0.25, 0.3) is 0 Å². The van der Waals surface area contributed by atoms with Gasteiger partial charge in [0.15, 0.2) is 0 Å². The summed E-state index contributed by atoms with van der Waals surface area (Å²) in [6.07, 6.45) is 0.677. The van der Waals surface area contributed by atoms with Crippen LogP contribution in [-0.2, 0) is 10.0 Å². The summed E-state index contributed by atoms with van der Waals surface area (Å²) in [5, 5.41) is 10.00. The highest BCUT2D eigenvalue weighted by Crippen LogP contribution is 2.20. The SMILES string of the molecule is CCC(C)NS(=O)(=O)c1cc(C(=O)O)cs1. The quantitative estimate of drug-likeness (QED) is 0.843. The molecular formula is C9H13NO4S2. The van der Waals surface area contributed by atoms with Crippen molar-refractivity contribution in [2.45, 2.75) is 30.5 Å². The van der Waals surface area contributed by atoms with E-state index in [1.165, 1.54) is 5.38 Å². The molecule has 90 valence electrons. The lowest BCUT2D eigenvalue weighted by Crippen LogP contribution is -2.31. The Kier molecular flexibility index (Phi) is 4.06. The standard InChI is InChI=1S/C9H13NO4S2/c1-3-6(2)10-16(13,14)8-4-7(5-15-8)9(11)12/h4-6,10H,3H2,1-2H3,(H,11,12). The lowest BCUT2D eigenvalue weighted by Gasteiger charge is -2.10. The normalized spacial score (nSPS) is 13.6. The van der Waals surface area contributed by atoms with Crippen molar-refractivity contribution >= 4 is 27.3 Å². The van der Waals surface area contributed by atoms with E-state index in [2.05, 4.69) is 4.72 Å². The Balaban J connectivity index is 2.94. The Morgan fingerprint density at radius 2 is 2.25 bits per heavy atom. The zero-order chi connectivity index (χ0) is 12.3. The van der Waals surface area contributed by atoms with Crippen LogP contribution in [0.4, 0.5) is 0 Å². The van der Waals surface area contributed by atoms with Crippen LogP contribution in [-0.4, -0.2) is 25.5 Å². The molecule has 1 aromatic heterocycles. The van der Waals surface area contributed by atoms with Gasteiger partial charge in [-0.1, -0.05) is 6.92 Å². The molecule has 0 fully saturated rings. The van der Waals surface area contributed by atoms with Gasteiger partial charge in [-0.25, -0.2) is 17.9 Å². The van der Waals surface area contributed by atoms with Crippen LogP contribution in [0.3, 0.4) is 0 Å². The third-order valence-corrected chi connectivity index (χ3v) is 5.09. The van der Waals surface area contributed by atoms with Crippen molar-refractivity contribution in [1.82, 2.24) is 4.72 Å². The summed E-state index contributed by atoms with van der Waals surface area (Å²) in [7, 11) is -3.58. The molecule has 0 aliphatic rings. The van der Waals surface area contributed by atoms with Crippen LogP contribution in [0.15, 0.2) is 15.7 Å². The minimum absolute atomic E-state index is 0.00507. The van der Waals surface area contributed by atoms with Crippen LogP contribution in [0.1, 0.15) is 30.6 Å². The molecule has 16 heavy (non-hydrogen) atoms. The molecule has 1 rings (SSSR count). The molecule has 0 aliphatic heterocycles. The van der Waals surface area contributed by atoms with E-state index in [0.717, 1.165) is 17.4 Å². The van der Waals surface area contributed by atoms with Crippen LogP contribution < -0.4 is 4.72 Å². The molecule has 0 aromatic carbocycles. The van der Waals surface area contributed by atoms with E-state index in [-0.39, 0.29) is 15.8 Å². The van der Waals surface area contributed by atoms with Crippen molar-refractivity contribution in [3.8, 4) is 0 Å². The molecule has 0 bridgehead atoms. The van der Waals surface area contributed by atoms with Gasteiger partial charge in [0, 0.05) is 11.4 Å². The first kappa shape index (κ1) is 13.1. The number of aromatic carboxylic acids is 1. The monoisotopic (exact) mass is 263 g/mol. The first-order valence-electron chi connectivity index (χ1n) is 4.71. The van der Waals surface area contributed by atoms with Crippen LogP contribution >= 0.6 is 11.3 Å². The molecule has 0 saturated heterocycles. The number of sulfonamides is 1. The molecule has 1 aromatic rings. The van der Waals surface area contributed by atoms with E-state index in [1.807, 2.05) is 6.92 Å². The van der Waals surface area contributed by atoms with Crippen molar-refractivity contribution in [3.05, 3.63) is 17.0 Å².